The smallest absolute Gasteiger partial charge is 0.741 e. The van der Waals surface area contributed by atoms with Crippen molar-refractivity contribution in [1.82, 2.24) is 78.2 Å². The molecule has 0 saturated heterocycles. The van der Waals surface area contributed by atoms with Gasteiger partial charge in [0, 0.05) is 99.1 Å². The van der Waals surface area contributed by atoms with Gasteiger partial charge in [-0.05, 0) is 87.1 Å². The third kappa shape index (κ3) is 23.3. The molecule has 0 aliphatic rings. The Bertz CT molecular complexity index is 2300. The van der Waals surface area contributed by atoms with Gasteiger partial charge < -0.3 is 9.11 Å². The topological polar surface area (TPSA) is 257 Å². The van der Waals surface area contributed by atoms with Gasteiger partial charge in [0.1, 0.15) is 24.7 Å². The van der Waals surface area contributed by atoms with E-state index < -0.39 is 31.3 Å². The van der Waals surface area contributed by atoms with E-state index in [1.165, 1.54) is 0 Å². The van der Waals surface area contributed by atoms with Crippen LogP contribution in [0.15, 0.2) is 148 Å². The Labute approximate surface area is 471 Å². The van der Waals surface area contributed by atoms with Gasteiger partial charge in [-0.3, -0.25) is 0 Å². The zero-order valence-electron chi connectivity index (χ0n) is 37.6. The van der Waals surface area contributed by atoms with Gasteiger partial charge in [0.05, 0.1) is 10.7 Å². The fourth-order valence-corrected chi connectivity index (χ4v) is 6.16. The predicted molar refractivity (Wildman–Crippen MR) is 248 cm³/mol. The van der Waals surface area contributed by atoms with Crippen molar-refractivity contribution < 1.29 is 97.0 Å². The fraction of sp³-hybridized carbons (Fsp3) is 0.368. The molecule has 0 bridgehead atoms. The van der Waals surface area contributed by atoms with Crippen molar-refractivity contribution >= 4 is 66.6 Å². The first-order valence-electron chi connectivity index (χ1n) is 20.4. The van der Waals surface area contributed by atoms with Crippen LogP contribution in [0.1, 0.15) is 63.2 Å². The largest absolute Gasteiger partial charge is 1.00 e. The predicted octanol–water partition coefficient (Wildman–Crippen LogP) is 7.81. The summed E-state index contributed by atoms with van der Waals surface area (Å²) in [6, 6.07) is 15.5. The van der Waals surface area contributed by atoms with Crippen molar-refractivity contribution in [3.63, 3.8) is 0 Å². The van der Waals surface area contributed by atoms with E-state index in [-0.39, 0.29) is 80.1 Å². The molecule has 0 aliphatic heterocycles. The summed E-state index contributed by atoms with van der Waals surface area (Å²) in [6.45, 7) is 0. The molecular weight excluding hydrogens is 1310 g/mol. The molecule has 0 aliphatic carbocycles. The summed E-state index contributed by atoms with van der Waals surface area (Å²) in [5.41, 5.74) is -11.3. The number of rotatable bonds is 16. The van der Waals surface area contributed by atoms with Crippen molar-refractivity contribution in [1.29, 1.82) is 0 Å². The summed E-state index contributed by atoms with van der Waals surface area (Å²) in [6.07, 6.45) is 36.1. The van der Waals surface area contributed by atoms with Gasteiger partial charge in [0.2, 0.25) is 0 Å². The number of hydrogen-bond donors (Lipinski definition) is 0. The zero-order valence-corrected chi connectivity index (χ0v) is 45.2. The standard InChI is InChI=1S/2C17H20N8.2CH2Cl2.2CHF3O3S.2Ag/c2*1(6-16(22-12-2-8-18-22)23-13-3-9-19-23)7-17(24-14-4-10-20-24)25-15-5-11-21-25;2*2-1-3;2*2-1(3,4)8(5,6)7;;/h2*2-5,8-17H,1,6-7H2;2*1H2;2*(H,5,6,7);;/q;;;;;;2*+1/p-2. The van der Waals surface area contributed by atoms with Crippen LogP contribution in [-0.4, -0.2) is 126 Å². The van der Waals surface area contributed by atoms with E-state index in [4.69, 9.17) is 72.3 Å². The molecule has 22 nitrogen and oxygen atoms in total. The van der Waals surface area contributed by atoms with E-state index in [2.05, 4.69) is 40.8 Å². The van der Waals surface area contributed by atoms with E-state index in [1.807, 2.05) is 136 Å². The number of nitrogens with zero attached hydrogens (tertiary/aromatic N) is 16. The zero-order chi connectivity index (χ0) is 53.2. The molecule has 0 amide bonds. The van der Waals surface area contributed by atoms with Crippen LogP contribution in [0.2, 0.25) is 0 Å². The second kappa shape index (κ2) is 34.4. The van der Waals surface area contributed by atoms with Crippen LogP contribution >= 0.6 is 46.4 Å². The molecule has 0 aromatic carbocycles. The number of hydrogen-bond acceptors (Lipinski definition) is 14. The van der Waals surface area contributed by atoms with Crippen LogP contribution in [0, 0.1) is 0 Å². The Balaban J connectivity index is 0.000000522. The fourth-order valence-electron chi connectivity index (χ4n) is 6.16. The average molecular weight is 1360 g/mol. The van der Waals surface area contributed by atoms with Crippen molar-refractivity contribution in [3.8, 4) is 0 Å². The van der Waals surface area contributed by atoms with E-state index >= 15 is 0 Å². The number of alkyl halides is 10. The normalized spacial score (nSPS) is 11.4. The number of aromatic nitrogens is 16. The Morgan fingerprint density at radius 3 is 0.568 bits per heavy atom. The van der Waals surface area contributed by atoms with Crippen LogP contribution in [0.25, 0.3) is 0 Å². The van der Waals surface area contributed by atoms with Gasteiger partial charge in [-0.15, -0.1) is 46.4 Å². The van der Waals surface area contributed by atoms with Crippen molar-refractivity contribution in [2.75, 3.05) is 10.7 Å². The average Bonchev–Trinajstić information content (AvgIpc) is 4.18. The summed E-state index contributed by atoms with van der Waals surface area (Å²) in [5.74, 6) is 0. The molecule has 0 saturated carbocycles. The molecule has 0 atom stereocenters. The van der Waals surface area contributed by atoms with Gasteiger partial charge in [-0.25, -0.2) is 54.3 Å². The van der Waals surface area contributed by atoms with Crippen LogP contribution in [0.4, 0.5) is 26.3 Å². The minimum absolute atomic E-state index is 0. The van der Waals surface area contributed by atoms with Crippen molar-refractivity contribution in [2.24, 2.45) is 0 Å². The minimum atomic E-state index is -6.09. The Morgan fingerprint density at radius 1 is 0.365 bits per heavy atom. The molecule has 0 fully saturated rings. The maximum atomic E-state index is 10.7. The molecule has 8 heterocycles. The molecule has 0 radical (unpaired) electrons. The van der Waals surface area contributed by atoms with E-state index in [0.717, 1.165) is 38.5 Å². The van der Waals surface area contributed by atoms with Crippen molar-refractivity contribution in [3.05, 3.63) is 148 Å². The molecule has 0 N–H and O–H groups in total. The molecule has 36 heteroatoms. The molecule has 8 aromatic rings. The molecule has 8 aromatic heterocycles. The summed E-state index contributed by atoms with van der Waals surface area (Å²) in [7, 11) is -12.2. The summed E-state index contributed by atoms with van der Waals surface area (Å²) in [5, 5.41) is 35.5. The molecule has 416 valence electrons. The molecular formula is C38H44Ag2Cl4F6N16O6S2. The van der Waals surface area contributed by atoms with E-state index in [9.17, 15) is 26.3 Å². The van der Waals surface area contributed by atoms with Crippen molar-refractivity contribution in [2.45, 2.75) is 74.2 Å². The van der Waals surface area contributed by atoms with Gasteiger partial charge in [-0.1, -0.05) is 0 Å². The first kappa shape index (κ1) is 67.7. The first-order chi connectivity index (χ1) is 34.2. The molecule has 8 rings (SSSR count). The minimum Gasteiger partial charge on any atom is -0.741 e. The van der Waals surface area contributed by atoms with Crippen LogP contribution < -0.4 is 0 Å². The second-order valence-electron chi connectivity index (χ2n) is 13.7. The maximum Gasteiger partial charge on any atom is 1.00 e. The number of halogens is 10. The van der Waals surface area contributed by atoms with E-state index in [1.54, 1.807) is 49.6 Å². The maximum absolute atomic E-state index is 10.7. The van der Waals surface area contributed by atoms with Crippen LogP contribution in [-0.2, 0) is 65.0 Å². The van der Waals surface area contributed by atoms with Crippen LogP contribution in [0.3, 0.4) is 0 Å². The van der Waals surface area contributed by atoms with Gasteiger partial charge in [0.25, 0.3) is 0 Å². The third-order valence-electron chi connectivity index (χ3n) is 9.06. The summed E-state index contributed by atoms with van der Waals surface area (Å²) in [4.78, 5) is 0. The summed E-state index contributed by atoms with van der Waals surface area (Å²) < 4.78 is 133. The first-order valence-corrected chi connectivity index (χ1v) is 25.3. The quantitative estimate of drug-likeness (QED) is 0.0294. The Morgan fingerprint density at radius 2 is 0.486 bits per heavy atom. The van der Waals surface area contributed by atoms with Gasteiger partial charge in [0.15, 0.2) is 20.2 Å². The third-order valence-corrected chi connectivity index (χ3v) is 10.2. The molecule has 74 heavy (non-hydrogen) atoms. The Kier molecular flexibility index (Phi) is 31.5. The van der Waals surface area contributed by atoms with E-state index in [0.29, 0.717) is 0 Å². The van der Waals surface area contributed by atoms with Gasteiger partial charge >= 0.3 is 55.8 Å². The molecule has 0 spiro atoms. The van der Waals surface area contributed by atoms with Crippen LogP contribution in [0.5, 0.6) is 0 Å². The Hall–Kier alpha value is -4.28. The monoisotopic (exact) mass is 1350 g/mol. The summed E-state index contributed by atoms with van der Waals surface area (Å²) >= 11 is 19.1. The SMILES string of the molecule is ClCCl.ClCCl.O=S(=O)([O-])C(F)(F)F.O=S(=O)([O-])C(F)(F)F.[Ag+].[Ag+].c1cnn(C(CCCC(n2cccn2)n2cccn2)n2cccn2)c1.c1cnn(C(CCCC(n2cccn2)n2cccn2)n2cccn2)c1. The molecule has 0 unspecified atom stereocenters. The van der Waals surface area contributed by atoms with Gasteiger partial charge in [-0.2, -0.15) is 67.1 Å². The second-order valence-corrected chi connectivity index (χ2v) is 18.0.